The average molecular weight is 370 g/mol. The van der Waals surface area contributed by atoms with Crippen molar-refractivity contribution in [2.24, 2.45) is 5.73 Å². The third kappa shape index (κ3) is 5.75. The molecule has 7 heteroatoms. The van der Waals surface area contributed by atoms with Crippen molar-refractivity contribution in [3.63, 3.8) is 0 Å². The Bertz CT molecular complexity index is 353. The molecular formula is C16H33Cl2N3O2. The van der Waals surface area contributed by atoms with Crippen molar-refractivity contribution in [1.29, 1.82) is 0 Å². The smallest absolute Gasteiger partial charge is 0.240 e. The SMILES string of the molecule is CN(C)C1(CNC(=O)C2(N)CCOCC2)CCCCCC1.Cl.Cl. The molecule has 0 bridgehead atoms. The molecule has 23 heavy (non-hydrogen) atoms. The van der Waals surface area contributed by atoms with E-state index in [1.54, 1.807) is 0 Å². The molecule has 138 valence electrons. The van der Waals surface area contributed by atoms with Crippen molar-refractivity contribution in [1.82, 2.24) is 10.2 Å². The second-order valence-corrected chi connectivity index (χ2v) is 6.98. The van der Waals surface area contributed by atoms with Gasteiger partial charge in [-0.25, -0.2) is 0 Å². The van der Waals surface area contributed by atoms with Gasteiger partial charge in [0.1, 0.15) is 0 Å². The molecule has 1 aliphatic heterocycles. The van der Waals surface area contributed by atoms with E-state index in [0.29, 0.717) is 32.6 Å². The first kappa shape index (κ1) is 22.9. The summed E-state index contributed by atoms with van der Waals surface area (Å²) in [6.45, 7) is 1.88. The molecule has 0 aromatic carbocycles. The van der Waals surface area contributed by atoms with Crippen LogP contribution in [0.25, 0.3) is 0 Å². The Morgan fingerprint density at radius 1 is 1.04 bits per heavy atom. The topological polar surface area (TPSA) is 67.6 Å². The lowest BCUT2D eigenvalue weighted by atomic mass is 9.87. The van der Waals surface area contributed by atoms with Gasteiger partial charge in [0, 0.05) is 25.3 Å². The Morgan fingerprint density at radius 2 is 1.57 bits per heavy atom. The van der Waals surface area contributed by atoms with E-state index < -0.39 is 5.54 Å². The van der Waals surface area contributed by atoms with Crippen LogP contribution < -0.4 is 11.1 Å². The maximum absolute atomic E-state index is 12.5. The maximum Gasteiger partial charge on any atom is 0.240 e. The average Bonchev–Trinajstić information content (AvgIpc) is 2.72. The van der Waals surface area contributed by atoms with E-state index in [1.807, 2.05) is 0 Å². The molecule has 0 aromatic rings. The van der Waals surface area contributed by atoms with Gasteiger partial charge in [-0.15, -0.1) is 24.8 Å². The molecule has 1 heterocycles. The van der Waals surface area contributed by atoms with E-state index in [9.17, 15) is 4.79 Å². The monoisotopic (exact) mass is 369 g/mol. The highest BCUT2D eigenvalue weighted by atomic mass is 35.5. The summed E-state index contributed by atoms with van der Waals surface area (Å²) >= 11 is 0. The first-order valence-corrected chi connectivity index (χ1v) is 8.31. The Hall–Kier alpha value is -0.0700. The third-order valence-corrected chi connectivity index (χ3v) is 5.40. The fourth-order valence-corrected chi connectivity index (χ4v) is 3.55. The van der Waals surface area contributed by atoms with Crippen molar-refractivity contribution in [2.45, 2.75) is 62.4 Å². The summed E-state index contributed by atoms with van der Waals surface area (Å²) in [5.41, 5.74) is 5.61. The zero-order chi connectivity index (χ0) is 15.3. The molecule has 1 saturated heterocycles. The molecule has 0 radical (unpaired) electrons. The molecule has 0 spiro atoms. The third-order valence-electron chi connectivity index (χ3n) is 5.40. The van der Waals surface area contributed by atoms with Gasteiger partial charge in [0.2, 0.25) is 5.91 Å². The van der Waals surface area contributed by atoms with Crippen LogP contribution in [0.5, 0.6) is 0 Å². The summed E-state index contributed by atoms with van der Waals surface area (Å²) in [6, 6.07) is 0. The number of hydrogen-bond donors (Lipinski definition) is 2. The number of carbonyl (C=O) groups excluding carboxylic acids is 1. The van der Waals surface area contributed by atoms with Gasteiger partial charge < -0.3 is 20.7 Å². The summed E-state index contributed by atoms with van der Waals surface area (Å²) in [5, 5.41) is 3.15. The second kappa shape index (κ2) is 10.0. The van der Waals surface area contributed by atoms with Crippen LogP contribution in [-0.4, -0.2) is 55.7 Å². The van der Waals surface area contributed by atoms with Gasteiger partial charge in [-0.2, -0.15) is 0 Å². The van der Waals surface area contributed by atoms with Crippen LogP contribution in [0.4, 0.5) is 0 Å². The van der Waals surface area contributed by atoms with Crippen LogP contribution in [-0.2, 0) is 9.53 Å². The van der Waals surface area contributed by atoms with E-state index in [1.165, 1.54) is 25.7 Å². The standard InChI is InChI=1S/C16H31N3O2.2ClH/c1-19(2)15(7-5-3-4-6-8-15)13-18-14(20)16(17)9-11-21-12-10-16;;/h3-13,17H2,1-2H3,(H,18,20);2*1H. The van der Waals surface area contributed by atoms with E-state index in [4.69, 9.17) is 10.5 Å². The van der Waals surface area contributed by atoms with E-state index in [0.717, 1.165) is 12.8 Å². The molecule has 5 nitrogen and oxygen atoms in total. The van der Waals surface area contributed by atoms with Crippen LogP contribution in [0.1, 0.15) is 51.4 Å². The minimum atomic E-state index is -0.740. The van der Waals surface area contributed by atoms with Crippen LogP contribution >= 0.6 is 24.8 Å². The molecule has 1 saturated carbocycles. The molecule has 1 amide bonds. The Morgan fingerprint density at radius 3 is 2.04 bits per heavy atom. The van der Waals surface area contributed by atoms with Crippen molar-refractivity contribution >= 4 is 30.7 Å². The molecule has 0 unspecified atom stereocenters. The number of nitrogens with zero attached hydrogens (tertiary/aromatic N) is 1. The van der Waals surface area contributed by atoms with Crippen molar-refractivity contribution < 1.29 is 9.53 Å². The number of carbonyl (C=O) groups is 1. The normalized spacial score (nSPS) is 23.1. The molecule has 2 rings (SSSR count). The van der Waals surface area contributed by atoms with Crippen LogP contribution in [0.15, 0.2) is 0 Å². The van der Waals surface area contributed by atoms with Crippen LogP contribution in [0.2, 0.25) is 0 Å². The fourth-order valence-electron chi connectivity index (χ4n) is 3.55. The largest absolute Gasteiger partial charge is 0.381 e. The number of nitrogens with one attached hydrogen (secondary N) is 1. The summed E-state index contributed by atoms with van der Waals surface area (Å²) in [7, 11) is 4.26. The van der Waals surface area contributed by atoms with Gasteiger partial charge in [0.15, 0.2) is 0 Å². The number of amides is 1. The highest BCUT2D eigenvalue weighted by Gasteiger charge is 2.39. The number of hydrogen-bond acceptors (Lipinski definition) is 4. The number of rotatable bonds is 4. The highest BCUT2D eigenvalue weighted by Crippen LogP contribution is 2.30. The van der Waals surface area contributed by atoms with Crippen LogP contribution in [0, 0.1) is 0 Å². The minimum absolute atomic E-state index is 0. The molecule has 2 aliphatic rings. The van der Waals surface area contributed by atoms with Crippen molar-refractivity contribution in [3.05, 3.63) is 0 Å². The fraction of sp³-hybridized carbons (Fsp3) is 0.938. The molecule has 1 aliphatic carbocycles. The van der Waals surface area contributed by atoms with Gasteiger partial charge >= 0.3 is 0 Å². The molecule has 2 fully saturated rings. The predicted molar refractivity (Wildman–Crippen MR) is 98.6 cm³/mol. The summed E-state index contributed by atoms with van der Waals surface area (Å²) in [4.78, 5) is 14.8. The second-order valence-electron chi connectivity index (χ2n) is 6.98. The first-order chi connectivity index (χ1) is 9.99. The number of ether oxygens (including phenoxy) is 1. The molecule has 0 atom stereocenters. The lowest BCUT2D eigenvalue weighted by Crippen LogP contribution is -2.60. The van der Waals surface area contributed by atoms with E-state index in [2.05, 4.69) is 24.3 Å². The highest BCUT2D eigenvalue weighted by molar-refractivity contribution is 5.86. The first-order valence-electron chi connectivity index (χ1n) is 8.31. The zero-order valence-electron chi connectivity index (χ0n) is 14.4. The summed E-state index contributed by atoms with van der Waals surface area (Å²) in [5.74, 6) is -0.00345. The quantitative estimate of drug-likeness (QED) is 0.744. The van der Waals surface area contributed by atoms with E-state index in [-0.39, 0.29) is 36.3 Å². The minimum Gasteiger partial charge on any atom is -0.381 e. The number of halogens is 2. The summed E-state index contributed by atoms with van der Waals surface area (Å²) in [6.07, 6.45) is 8.65. The van der Waals surface area contributed by atoms with Gasteiger partial charge in [-0.05, 0) is 39.8 Å². The number of nitrogens with two attached hydrogens (primary N) is 1. The zero-order valence-corrected chi connectivity index (χ0v) is 16.1. The van der Waals surface area contributed by atoms with Crippen molar-refractivity contribution in [2.75, 3.05) is 33.9 Å². The maximum atomic E-state index is 12.5. The van der Waals surface area contributed by atoms with Gasteiger partial charge in [0.05, 0.1) is 5.54 Å². The molecular weight excluding hydrogens is 337 g/mol. The lowest BCUT2D eigenvalue weighted by molar-refractivity contribution is -0.130. The Balaban J connectivity index is 0.00000242. The van der Waals surface area contributed by atoms with Crippen LogP contribution in [0.3, 0.4) is 0 Å². The van der Waals surface area contributed by atoms with E-state index >= 15 is 0 Å². The Kier molecular flexibility index (Phi) is 10.0. The van der Waals surface area contributed by atoms with Crippen molar-refractivity contribution in [3.8, 4) is 0 Å². The van der Waals surface area contributed by atoms with Gasteiger partial charge in [-0.1, -0.05) is 25.7 Å². The Labute approximate surface area is 152 Å². The summed E-state index contributed by atoms with van der Waals surface area (Å²) < 4.78 is 5.32. The van der Waals surface area contributed by atoms with Gasteiger partial charge in [0.25, 0.3) is 0 Å². The lowest BCUT2D eigenvalue weighted by Gasteiger charge is -2.41. The van der Waals surface area contributed by atoms with Gasteiger partial charge in [-0.3, -0.25) is 4.79 Å². The number of likely N-dealkylation sites (N-methyl/N-ethyl adjacent to an activating group) is 1. The predicted octanol–water partition coefficient (Wildman–Crippen LogP) is 2.11. The molecule has 3 N–H and O–H groups in total. The molecule has 0 aromatic heterocycles.